The van der Waals surface area contributed by atoms with Gasteiger partial charge in [-0.1, -0.05) is 39.0 Å². The summed E-state index contributed by atoms with van der Waals surface area (Å²) in [6.07, 6.45) is 1.62. The summed E-state index contributed by atoms with van der Waals surface area (Å²) in [6.45, 7) is 7.84. The molecule has 0 aliphatic rings. The Hall–Kier alpha value is -2.52. The number of hydrogen-bond donors (Lipinski definition) is 1. The highest BCUT2D eigenvalue weighted by atomic mass is 79.9. The fourth-order valence-electron chi connectivity index (χ4n) is 2.54. The van der Waals surface area contributed by atoms with Gasteiger partial charge in [0.2, 0.25) is 0 Å². The van der Waals surface area contributed by atoms with E-state index in [-0.39, 0.29) is 11.6 Å². The number of carbonyl (C=O) groups excluding carboxylic acids is 1. The van der Waals surface area contributed by atoms with Gasteiger partial charge in [-0.3, -0.25) is 4.79 Å². The summed E-state index contributed by atoms with van der Waals surface area (Å²) >= 11 is 4.87. The first-order valence-electron chi connectivity index (χ1n) is 8.52. The third kappa shape index (κ3) is 4.85. The first-order chi connectivity index (χ1) is 13.5. The molecule has 144 valence electrons. The van der Waals surface area contributed by atoms with E-state index in [1.54, 1.807) is 10.8 Å². The van der Waals surface area contributed by atoms with Gasteiger partial charge in [0.25, 0.3) is 5.91 Å². The summed E-state index contributed by atoms with van der Waals surface area (Å²) in [5.74, 6) is 0.156. The lowest BCUT2D eigenvalue weighted by Crippen LogP contribution is -2.25. The Kier molecular flexibility index (Phi) is 6.58. The maximum absolute atomic E-state index is 12.5. The fraction of sp³-hybridized carbons (Fsp3) is 0.211. The van der Waals surface area contributed by atoms with Crippen LogP contribution in [0.4, 0.5) is 0 Å². The van der Waals surface area contributed by atoms with Crippen LogP contribution in [0.1, 0.15) is 27.6 Å². The van der Waals surface area contributed by atoms with Gasteiger partial charge in [-0.2, -0.15) is 0 Å². The van der Waals surface area contributed by atoms with Crippen molar-refractivity contribution < 1.29 is 4.79 Å². The zero-order valence-electron chi connectivity index (χ0n) is 15.5. The van der Waals surface area contributed by atoms with E-state index in [0.717, 1.165) is 21.5 Å². The van der Waals surface area contributed by atoms with Crippen molar-refractivity contribution in [2.24, 2.45) is 0 Å². The van der Waals surface area contributed by atoms with E-state index in [9.17, 15) is 4.79 Å². The van der Waals surface area contributed by atoms with Crippen molar-refractivity contribution in [3.63, 3.8) is 0 Å². The van der Waals surface area contributed by atoms with E-state index in [4.69, 9.17) is 0 Å². The van der Waals surface area contributed by atoms with Gasteiger partial charge in [0.15, 0.2) is 10.9 Å². The monoisotopic (exact) mass is 458 g/mol. The smallest absolute Gasteiger partial charge is 0.274 e. The van der Waals surface area contributed by atoms with E-state index in [0.29, 0.717) is 23.1 Å². The van der Waals surface area contributed by atoms with Gasteiger partial charge in [-0.15, -0.1) is 11.7 Å². The number of halogens is 1. The zero-order chi connectivity index (χ0) is 20.1. The van der Waals surface area contributed by atoms with Crippen molar-refractivity contribution in [3.05, 3.63) is 70.2 Å². The molecule has 0 radical (unpaired) electrons. The predicted molar refractivity (Wildman–Crippen MR) is 113 cm³/mol. The number of amides is 1. The Morgan fingerprint density at radius 2 is 1.93 bits per heavy atom. The summed E-state index contributed by atoms with van der Waals surface area (Å²) in [5, 5.41) is 11.7. The summed E-state index contributed by atoms with van der Waals surface area (Å²) in [6, 6.07) is 9.57. The largest absolute Gasteiger partial charge is 0.347 e. The summed E-state index contributed by atoms with van der Waals surface area (Å²) < 4.78 is 2.63. The van der Waals surface area contributed by atoms with Crippen LogP contribution in [0.3, 0.4) is 0 Å². The maximum Gasteiger partial charge on any atom is 0.274 e. The average Bonchev–Trinajstić information content (AvgIpc) is 3.08. The fourth-order valence-corrected chi connectivity index (χ4v) is 3.74. The molecular formula is C19H19BrN6OS. The molecule has 1 aromatic carbocycles. The minimum Gasteiger partial charge on any atom is -0.347 e. The molecule has 1 N–H and O–H groups in total. The zero-order valence-corrected chi connectivity index (χ0v) is 17.9. The molecule has 0 aliphatic heterocycles. The van der Waals surface area contributed by atoms with E-state index >= 15 is 0 Å². The molecule has 9 heteroatoms. The second kappa shape index (κ2) is 9.11. The number of aryl methyl sites for hydroxylation is 2. The third-order valence-electron chi connectivity index (χ3n) is 3.76. The molecule has 0 unspecified atom stereocenters. The first kappa shape index (κ1) is 20.2. The van der Waals surface area contributed by atoms with Crippen molar-refractivity contribution in [2.75, 3.05) is 6.54 Å². The number of benzene rings is 1. The van der Waals surface area contributed by atoms with Gasteiger partial charge in [0.05, 0.1) is 11.4 Å². The van der Waals surface area contributed by atoms with Crippen molar-refractivity contribution >= 4 is 33.6 Å². The van der Waals surface area contributed by atoms with Gasteiger partial charge in [-0.25, -0.2) is 14.6 Å². The Morgan fingerprint density at radius 1 is 1.25 bits per heavy atom. The van der Waals surface area contributed by atoms with E-state index in [1.165, 1.54) is 11.8 Å². The lowest BCUT2D eigenvalue weighted by molar-refractivity contribution is 0.0952. The number of hydrogen-bond acceptors (Lipinski definition) is 6. The van der Waals surface area contributed by atoms with Gasteiger partial charge in [0.1, 0.15) is 0 Å². The Morgan fingerprint density at radius 3 is 2.57 bits per heavy atom. The molecule has 0 fully saturated rings. The highest BCUT2D eigenvalue weighted by Crippen LogP contribution is 2.24. The Labute approximate surface area is 175 Å². The number of aromatic nitrogens is 5. The van der Waals surface area contributed by atoms with E-state index in [2.05, 4.69) is 48.1 Å². The maximum atomic E-state index is 12.5. The van der Waals surface area contributed by atoms with Crippen LogP contribution < -0.4 is 5.32 Å². The molecule has 7 nitrogen and oxygen atoms in total. The first-order valence-corrected chi connectivity index (χ1v) is 10.3. The molecule has 3 rings (SSSR count). The van der Waals surface area contributed by atoms with E-state index < -0.39 is 0 Å². The molecule has 0 aliphatic carbocycles. The van der Waals surface area contributed by atoms with Crippen LogP contribution >= 0.6 is 27.7 Å². The lowest BCUT2D eigenvalue weighted by atomic mass is 10.3. The van der Waals surface area contributed by atoms with Gasteiger partial charge >= 0.3 is 0 Å². The second-order valence-corrected chi connectivity index (χ2v) is 7.85. The average molecular weight is 459 g/mol. The molecule has 0 spiro atoms. The second-order valence-electron chi connectivity index (χ2n) is 5.99. The Balaban J connectivity index is 1.94. The quantitative estimate of drug-likeness (QED) is 0.330. The lowest BCUT2D eigenvalue weighted by Gasteiger charge is -2.08. The number of thioether (sulfide) groups is 1. The van der Waals surface area contributed by atoms with Crippen molar-refractivity contribution in [1.82, 2.24) is 30.3 Å². The standard InChI is InChI=1S/C19H19BrN6OS/c1-4-9-21-18(27)17-16(11-28-19-22-12(2)10-13(3)23-19)26(25-24-17)15-7-5-14(20)6-8-15/h4-8,10H,1,9,11H2,2-3H3,(H,21,27). The van der Waals surface area contributed by atoms with Crippen LogP contribution in [-0.4, -0.2) is 37.4 Å². The molecule has 0 saturated carbocycles. The molecule has 0 atom stereocenters. The number of carbonyl (C=O) groups is 1. The molecule has 28 heavy (non-hydrogen) atoms. The van der Waals surface area contributed by atoms with Crippen LogP contribution in [0, 0.1) is 13.8 Å². The number of nitrogens with zero attached hydrogens (tertiary/aromatic N) is 5. The highest BCUT2D eigenvalue weighted by Gasteiger charge is 2.21. The Bertz CT molecular complexity index is 982. The summed E-state index contributed by atoms with van der Waals surface area (Å²) in [5.41, 5.74) is 3.57. The van der Waals surface area contributed by atoms with Gasteiger partial charge < -0.3 is 5.32 Å². The normalized spacial score (nSPS) is 10.7. The summed E-state index contributed by atoms with van der Waals surface area (Å²) in [4.78, 5) is 21.4. The molecule has 2 heterocycles. The predicted octanol–water partition coefficient (Wildman–Crippen LogP) is 3.64. The van der Waals surface area contributed by atoms with Crippen LogP contribution in [0.5, 0.6) is 0 Å². The van der Waals surface area contributed by atoms with Crippen LogP contribution in [0.25, 0.3) is 5.69 Å². The van der Waals surface area contributed by atoms with Crippen LogP contribution in [0.15, 0.2) is 52.6 Å². The van der Waals surface area contributed by atoms with Crippen molar-refractivity contribution in [1.29, 1.82) is 0 Å². The highest BCUT2D eigenvalue weighted by molar-refractivity contribution is 9.10. The molecule has 1 amide bonds. The van der Waals surface area contributed by atoms with Gasteiger partial charge in [-0.05, 0) is 44.2 Å². The molecule has 0 bridgehead atoms. The molecule has 0 saturated heterocycles. The number of nitrogens with one attached hydrogen (secondary N) is 1. The van der Waals surface area contributed by atoms with E-state index in [1.807, 2.05) is 44.2 Å². The van der Waals surface area contributed by atoms with Crippen molar-refractivity contribution in [3.8, 4) is 5.69 Å². The van der Waals surface area contributed by atoms with Crippen LogP contribution in [-0.2, 0) is 5.75 Å². The minimum absolute atomic E-state index is 0.279. The number of rotatable bonds is 7. The molecular weight excluding hydrogens is 440 g/mol. The van der Waals surface area contributed by atoms with Gasteiger partial charge in [0, 0.05) is 28.2 Å². The third-order valence-corrected chi connectivity index (χ3v) is 5.14. The van der Waals surface area contributed by atoms with Crippen molar-refractivity contribution in [2.45, 2.75) is 24.8 Å². The summed E-state index contributed by atoms with van der Waals surface area (Å²) in [7, 11) is 0. The SMILES string of the molecule is C=CCNC(=O)c1nnn(-c2ccc(Br)cc2)c1CSc1nc(C)cc(C)n1. The minimum atomic E-state index is -0.291. The molecule has 2 aromatic heterocycles. The van der Waals surface area contributed by atoms with Crippen LogP contribution in [0.2, 0.25) is 0 Å². The topological polar surface area (TPSA) is 85.6 Å². The molecule has 3 aromatic rings.